The molecule has 0 aromatic heterocycles. The number of rotatable bonds is 3. The van der Waals surface area contributed by atoms with E-state index in [0.717, 1.165) is 12.5 Å². The van der Waals surface area contributed by atoms with Crippen LogP contribution in [0.25, 0.3) is 0 Å². The maximum atomic E-state index is 9.99. The number of ether oxygens (including phenoxy) is 2. The lowest BCUT2D eigenvalue weighted by Gasteiger charge is -1.87. The van der Waals surface area contributed by atoms with Crippen LogP contribution in [0.5, 0.6) is 0 Å². The van der Waals surface area contributed by atoms with Crippen molar-refractivity contribution < 1.29 is 19.1 Å². The Hall–Kier alpha value is -1.55. The molecule has 0 radical (unpaired) electrons. The van der Waals surface area contributed by atoms with Gasteiger partial charge in [0.05, 0.1) is 12.5 Å². The molecule has 0 spiro atoms. The van der Waals surface area contributed by atoms with Crippen LogP contribution >= 0.6 is 11.6 Å². The van der Waals surface area contributed by atoms with Gasteiger partial charge in [0.25, 0.3) is 0 Å². The Morgan fingerprint density at radius 2 is 1.60 bits per heavy atom. The molecule has 4 nitrogen and oxygen atoms in total. The second-order valence-corrected chi connectivity index (χ2v) is 1.83. The van der Waals surface area contributed by atoms with Gasteiger partial charge in [-0.05, 0) is 0 Å². The van der Waals surface area contributed by atoms with Gasteiger partial charge in [0.15, 0.2) is 0 Å². The van der Waals surface area contributed by atoms with E-state index in [1.54, 1.807) is 0 Å². The minimum absolute atomic E-state index is 0.119. The van der Waals surface area contributed by atoms with Gasteiger partial charge in [-0.3, -0.25) is 9.59 Å². The van der Waals surface area contributed by atoms with Gasteiger partial charge in [-0.1, -0.05) is 13.2 Å². The second kappa shape index (κ2) is 18.3. The molecule has 0 aromatic rings. The van der Waals surface area contributed by atoms with Crippen molar-refractivity contribution in [2.75, 3.05) is 5.88 Å². The molecule has 0 bridgehead atoms. The summed E-state index contributed by atoms with van der Waals surface area (Å²) in [4.78, 5) is 19.7. The first-order valence-electron chi connectivity index (χ1n) is 3.73. The van der Waals surface area contributed by atoms with Crippen LogP contribution < -0.4 is 0 Å². The van der Waals surface area contributed by atoms with E-state index < -0.39 is 5.97 Å². The monoisotopic (exact) mass is 234 g/mol. The number of carbonyl (C=O) groups is 2. The van der Waals surface area contributed by atoms with Crippen molar-refractivity contribution in [2.24, 2.45) is 0 Å². The third-order valence-corrected chi connectivity index (χ3v) is 0.791. The van der Waals surface area contributed by atoms with Crippen molar-refractivity contribution >= 4 is 23.5 Å². The van der Waals surface area contributed by atoms with Crippen LogP contribution in [0, 0.1) is 0 Å². The highest BCUT2D eigenvalue weighted by Crippen LogP contribution is 1.80. The molecule has 0 rings (SSSR count). The fourth-order valence-electron chi connectivity index (χ4n) is 0.242. The van der Waals surface area contributed by atoms with E-state index in [4.69, 9.17) is 11.6 Å². The van der Waals surface area contributed by atoms with E-state index in [-0.39, 0.29) is 11.8 Å². The molecule has 0 aromatic carbocycles. The SMILES string of the molecule is C=C.C=COC(=O)CCl.C=COC(C)=O. The molecule has 0 amide bonds. The van der Waals surface area contributed by atoms with Gasteiger partial charge >= 0.3 is 11.9 Å². The summed E-state index contributed by atoms with van der Waals surface area (Å²) in [6, 6.07) is 0. The second-order valence-electron chi connectivity index (χ2n) is 1.57. The van der Waals surface area contributed by atoms with Gasteiger partial charge < -0.3 is 9.47 Å². The van der Waals surface area contributed by atoms with Crippen molar-refractivity contribution in [2.45, 2.75) is 6.92 Å². The van der Waals surface area contributed by atoms with Gasteiger partial charge in [-0.25, -0.2) is 0 Å². The van der Waals surface area contributed by atoms with Crippen molar-refractivity contribution in [3.63, 3.8) is 0 Å². The number of carbonyl (C=O) groups excluding carboxylic acids is 2. The summed E-state index contributed by atoms with van der Waals surface area (Å²) in [5, 5.41) is 0. The Morgan fingerprint density at radius 1 is 1.20 bits per heavy atom. The summed E-state index contributed by atoms with van der Waals surface area (Å²) in [6.45, 7) is 13.6. The van der Waals surface area contributed by atoms with Crippen molar-refractivity contribution in [1.82, 2.24) is 0 Å². The summed E-state index contributed by atoms with van der Waals surface area (Å²) in [5.41, 5.74) is 0. The maximum Gasteiger partial charge on any atom is 0.325 e. The summed E-state index contributed by atoms with van der Waals surface area (Å²) in [5.74, 6) is -0.923. The lowest BCUT2D eigenvalue weighted by Crippen LogP contribution is -1.98. The molecule has 15 heavy (non-hydrogen) atoms. The van der Waals surface area contributed by atoms with Gasteiger partial charge in [-0.2, -0.15) is 0 Å². The summed E-state index contributed by atoms with van der Waals surface area (Å²) >= 11 is 5.01. The van der Waals surface area contributed by atoms with E-state index in [1.807, 2.05) is 0 Å². The summed E-state index contributed by atoms with van der Waals surface area (Å²) in [6.07, 6.45) is 2.15. The van der Waals surface area contributed by atoms with E-state index in [9.17, 15) is 9.59 Å². The Kier molecular flexibility index (Phi) is 23.3. The zero-order chi connectivity index (χ0) is 12.7. The predicted molar refractivity (Wildman–Crippen MR) is 60.2 cm³/mol. The van der Waals surface area contributed by atoms with Gasteiger partial charge in [0.1, 0.15) is 5.88 Å². The molecule has 0 unspecified atom stereocenters. The van der Waals surface area contributed by atoms with E-state index >= 15 is 0 Å². The van der Waals surface area contributed by atoms with Crippen LogP contribution in [0.3, 0.4) is 0 Å². The standard InChI is InChI=1S/C4H5ClO2.C4H6O2.C2H4/c1-2-7-4(6)3-5;1-3-6-4(2)5;1-2/h2H,1,3H2;3H,1H2,2H3;1-2H2. The minimum atomic E-state index is -0.475. The first-order valence-corrected chi connectivity index (χ1v) is 4.26. The highest BCUT2D eigenvalue weighted by atomic mass is 35.5. The Balaban J connectivity index is -0.000000166. The molecule has 0 aliphatic carbocycles. The molecule has 0 N–H and O–H groups in total. The average Bonchev–Trinajstić information content (AvgIpc) is 2.22. The number of esters is 2. The highest BCUT2D eigenvalue weighted by Gasteiger charge is 1.91. The first kappa shape index (κ1) is 19.1. The average molecular weight is 235 g/mol. The maximum absolute atomic E-state index is 9.99. The molecule has 0 aliphatic heterocycles. The molecule has 0 heterocycles. The fourth-order valence-corrected chi connectivity index (χ4v) is 0.305. The molecule has 86 valence electrons. The number of hydrogen-bond acceptors (Lipinski definition) is 4. The zero-order valence-corrected chi connectivity index (χ0v) is 9.46. The Labute approximate surface area is 94.8 Å². The zero-order valence-electron chi connectivity index (χ0n) is 8.70. The molecule has 0 fully saturated rings. The third-order valence-electron chi connectivity index (χ3n) is 0.573. The van der Waals surface area contributed by atoms with Crippen LogP contribution in [-0.2, 0) is 19.1 Å². The third kappa shape index (κ3) is 32.7. The lowest BCUT2D eigenvalue weighted by molar-refractivity contribution is -0.136. The van der Waals surface area contributed by atoms with Crippen molar-refractivity contribution in [3.05, 3.63) is 38.8 Å². The molecule has 0 aliphatic rings. The summed E-state index contributed by atoms with van der Waals surface area (Å²) in [7, 11) is 0. The van der Waals surface area contributed by atoms with E-state index in [1.165, 1.54) is 6.92 Å². The number of alkyl halides is 1. The normalized spacial score (nSPS) is 6.53. The largest absolute Gasteiger partial charge is 0.435 e. The summed E-state index contributed by atoms with van der Waals surface area (Å²) < 4.78 is 8.35. The van der Waals surface area contributed by atoms with Gasteiger partial charge in [0, 0.05) is 6.92 Å². The smallest absolute Gasteiger partial charge is 0.325 e. The molecule has 0 saturated heterocycles. The number of halogens is 1. The number of hydrogen-bond donors (Lipinski definition) is 0. The fraction of sp³-hybridized carbons (Fsp3) is 0.200. The van der Waals surface area contributed by atoms with Crippen LogP contribution in [0.4, 0.5) is 0 Å². The lowest BCUT2D eigenvalue weighted by atomic mass is 10.8. The molecule has 5 heteroatoms. The Bertz CT molecular complexity index is 202. The minimum Gasteiger partial charge on any atom is -0.435 e. The van der Waals surface area contributed by atoms with Crippen LogP contribution in [0.1, 0.15) is 6.92 Å². The molecule has 0 atom stereocenters. The Morgan fingerprint density at radius 3 is 1.67 bits per heavy atom. The molecular formula is C10H15ClO4. The van der Waals surface area contributed by atoms with Gasteiger partial charge in [0.2, 0.25) is 0 Å². The quantitative estimate of drug-likeness (QED) is 0.326. The van der Waals surface area contributed by atoms with E-state index in [2.05, 4.69) is 35.8 Å². The molecular weight excluding hydrogens is 220 g/mol. The first-order chi connectivity index (χ1) is 7.08. The van der Waals surface area contributed by atoms with Crippen molar-refractivity contribution in [3.8, 4) is 0 Å². The van der Waals surface area contributed by atoms with E-state index in [0.29, 0.717) is 0 Å². The predicted octanol–water partition coefficient (Wildman–Crippen LogP) is 2.41. The molecule has 0 saturated carbocycles. The highest BCUT2D eigenvalue weighted by molar-refractivity contribution is 6.26. The van der Waals surface area contributed by atoms with Crippen molar-refractivity contribution in [1.29, 1.82) is 0 Å². The van der Waals surface area contributed by atoms with Crippen LogP contribution in [0.15, 0.2) is 38.8 Å². The van der Waals surface area contributed by atoms with Gasteiger partial charge in [-0.15, -0.1) is 24.8 Å². The van der Waals surface area contributed by atoms with Crippen LogP contribution in [0.2, 0.25) is 0 Å². The topological polar surface area (TPSA) is 52.6 Å². The van der Waals surface area contributed by atoms with Crippen LogP contribution in [-0.4, -0.2) is 17.8 Å².